The third kappa shape index (κ3) is 3.16. The average molecular weight is 260 g/mol. The van der Waals surface area contributed by atoms with Crippen LogP contribution in [-0.4, -0.2) is 12.5 Å². The molecule has 1 aliphatic carbocycles. The van der Waals surface area contributed by atoms with Gasteiger partial charge in [0.1, 0.15) is 0 Å². The maximum atomic E-state index is 12.1. The first-order chi connectivity index (χ1) is 9.06. The van der Waals surface area contributed by atoms with Crippen molar-refractivity contribution in [2.24, 2.45) is 11.1 Å². The fourth-order valence-corrected chi connectivity index (χ4v) is 2.91. The first-order valence-corrected chi connectivity index (χ1v) is 7.11. The molecule has 1 amide bonds. The highest BCUT2D eigenvalue weighted by Crippen LogP contribution is 2.42. The van der Waals surface area contributed by atoms with Gasteiger partial charge < -0.3 is 11.1 Å². The Hall–Kier alpha value is -1.35. The Morgan fingerprint density at radius 2 is 2.11 bits per heavy atom. The highest BCUT2D eigenvalue weighted by Gasteiger charge is 2.37. The molecule has 0 heterocycles. The van der Waals surface area contributed by atoms with E-state index in [0.717, 1.165) is 12.8 Å². The van der Waals surface area contributed by atoms with Crippen LogP contribution in [0.3, 0.4) is 0 Å². The van der Waals surface area contributed by atoms with Gasteiger partial charge in [-0.3, -0.25) is 4.79 Å². The van der Waals surface area contributed by atoms with Crippen LogP contribution >= 0.6 is 0 Å². The first kappa shape index (κ1) is 14.1. The van der Waals surface area contributed by atoms with E-state index in [2.05, 4.69) is 24.4 Å². The summed E-state index contributed by atoms with van der Waals surface area (Å²) in [6, 6.07) is 8.24. The number of hydrogen-bond donors (Lipinski definition) is 2. The van der Waals surface area contributed by atoms with Crippen LogP contribution in [0.15, 0.2) is 24.3 Å². The summed E-state index contributed by atoms with van der Waals surface area (Å²) in [6.45, 7) is 4.74. The van der Waals surface area contributed by atoms with Crippen molar-refractivity contribution in [3.63, 3.8) is 0 Å². The van der Waals surface area contributed by atoms with Crippen LogP contribution in [0.4, 0.5) is 0 Å². The van der Waals surface area contributed by atoms with Crippen molar-refractivity contribution in [3.8, 4) is 0 Å². The van der Waals surface area contributed by atoms with E-state index in [9.17, 15) is 4.79 Å². The molecule has 0 aliphatic heterocycles. The number of carbonyl (C=O) groups is 1. The fraction of sp³-hybridized carbons (Fsp3) is 0.562. The number of benzene rings is 1. The van der Waals surface area contributed by atoms with Gasteiger partial charge in [-0.25, -0.2) is 0 Å². The molecule has 0 aromatic heterocycles. The normalized spacial score (nSPS) is 18.5. The van der Waals surface area contributed by atoms with Gasteiger partial charge >= 0.3 is 0 Å². The molecule has 1 fully saturated rings. The summed E-state index contributed by atoms with van der Waals surface area (Å²) in [5.74, 6) is 0.126. The Morgan fingerprint density at radius 1 is 1.42 bits per heavy atom. The minimum Gasteiger partial charge on any atom is -0.350 e. The lowest BCUT2D eigenvalue weighted by Crippen LogP contribution is -2.42. The van der Waals surface area contributed by atoms with Crippen molar-refractivity contribution in [1.82, 2.24) is 5.32 Å². The SMILES string of the molecule is Cc1ccccc1[C@@H](C)NC(=O)CC1(CN)CCC1. The summed E-state index contributed by atoms with van der Waals surface area (Å²) >= 11 is 0. The number of nitrogens with two attached hydrogens (primary N) is 1. The van der Waals surface area contributed by atoms with E-state index in [1.165, 1.54) is 17.5 Å². The average Bonchev–Trinajstić information content (AvgIpc) is 2.34. The topological polar surface area (TPSA) is 55.1 Å². The van der Waals surface area contributed by atoms with Crippen molar-refractivity contribution in [1.29, 1.82) is 0 Å². The molecule has 0 spiro atoms. The Balaban J connectivity index is 1.94. The third-order valence-electron chi connectivity index (χ3n) is 4.42. The van der Waals surface area contributed by atoms with E-state index in [4.69, 9.17) is 5.73 Å². The van der Waals surface area contributed by atoms with Gasteiger partial charge in [-0.15, -0.1) is 0 Å². The smallest absolute Gasteiger partial charge is 0.221 e. The van der Waals surface area contributed by atoms with Gasteiger partial charge in [0, 0.05) is 6.42 Å². The molecule has 1 aliphatic rings. The first-order valence-electron chi connectivity index (χ1n) is 7.11. The standard InChI is InChI=1S/C16H24N2O/c1-12-6-3-4-7-14(12)13(2)18-15(19)10-16(11-17)8-5-9-16/h3-4,6-7,13H,5,8-11,17H2,1-2H3,(H,18,19)/t13-/m1/s1. The number of aryl methyl sites for hydroxylation is 1. The molecule has 0 unspecified atom stereocenters. The number of carbonyl (C=O) groups excluding carboxylic acids is 1. The van der Waals surface area contributed by atoms with Crippen LogP contribution in [0, 0.1) is 12.3 Å². The van der Waals surface area contributed by atoms with Crippen LogP contribution < -0.4 is 11.1 Å². The Kier molecular flexibility index (Phi) is 4.25. The Bertz CT molecular complexity index is 446. The zero-order valence-corrected chi connectivity index (χ0v) is 11.9. The molecule has 19 heavy (non-hydrogen) atoms. The second-order valence-corrected chi connectivity index (χ2v) is 5.88. The Labute approximate surface area is 115 Å². The molecule has 0 radical (unpaired) electrons. The predicted molar refractivity (Wildman–Crippen MR) is 77.7 cm³/mol. The molecule has 1 aromatic carbocycles. The molecule has 0 saturated heterocycles. The van der Waals surface area contributed by atoms with E-state index < -0.39 is 0 Å². The molecule has 3 N–H and O–H groups in total. The molecule has 1 atom stereocenters. The number of rotatable bonds is 5. The summed E-state index contributed by atoms with van der Waals surface area (Å²) in [7, 11) is 0. The quantitative estimate of drug-likeness (QED) is 0.855. The summed E-state index contributed by atoms with van der Waals surface area (Å²) in [5, 5.41) is 3.10. The summed E-state index contributed by atoms with van der Waals surface area (Å²) in [4.78, 5) is 12.1. The summed E-state index contributed by atoms with van der Waals surface area (Å²) in [5.41, 5.74) is 8.28. The van der Waals surface area contributed by atoms with Gasteiger partial charge in [0.05, 0.1) is 6.04 Å². The highest BCUT2D eigenvalue weighted by molar-refractivity contribution is 5.77. The third-order valence-corrected chi connectivity index (χ3v) is 4.42. The molecule has 2 rings (SSSR count). The zero-order chi connectivity index (χ0) is 13.9. The van der Waals surface area contributed by atoms with Crippen LogP contribution in [-0.2, 0) is 4.79 Å². The van der Waals surface area contributed by atoms with Crippen LogP contribution in [0.2, 0.25) is 0 Å². The maximum absolute atomic E-state index is 12.1. The fourth-order valence-electron chi connectivity index (χ4n) is 2.91. The molecule has 0 bridgehead atoms. The maximum Gasteiger partial charge on any atom is 0.221 e. The number of nitrogens with one attached hydrogen (secondary N) is 1. The van der Waals surface area contributed by atoms with Crippen molar-refractivity contribution >= 4 is 5.91 Å². The molecule has 104 valence electrons. The second-order valence-electron chi connectivity index (χ2n) is 5.88. The summed E-state index contributed by atoms with van der Waals surface area (Å²) < 4.78 is 0. The van der Waals surface area contributed by atoms with E-state index in [1.807, 2.05) is 19.1 Å². The van der Waals surface area contributed by atoms with E-state index in [1.54, 1.807) is 0 Å². The molecule has 3 nitrogen and oxygen atoms in total. The lowest BCUT2D eigenvalue weighted by molar-refractivity contribution is -0.125. The van der Waals surface area contributed by atoms with Crippen molar-refractivity contribution in [3.05, 3.63) is 35.4 Å². The van der Waals surface area contributed by atoms with Crippen LogP contribution in [0.5, 0.6) is 0 Å². The monoisotopic (exact) mass is 260 g/mol. The van der Waals surface area contributed by atoms with Crippen LogP contribution in [0.25, 0.3) is 0 Å². The van der Waals surface area contributed by atoms with Crippen molar-refractivity contribution in [2.45, 2.75) is 45.6 Å². The minimum atomic E-state index is 0.0589. The van der Waals surface area contributed by atoms with Gasteiger partial charge in [0.2, 0.25) is 5.91 Å². The molecule has 1 saturated carbocycles. The van der Waals surface area contributed by atoms with Gasteiger partial charge in [0.15, 0.2) is 0 Å². The van der Waals surface area contributed by atoms with Crippen LogP contribution in [0.1, 0.15) is 49.8 Å². The van der Waals surface area contributed by atoms with Gasteiger partial charge in [-0.1, -0.05) is 30.7 Å². The molecule has 1 aromatic rings. The zero-order valence-electron chi connectivity index (χ0n) is 11.9. The van der Waals surface area contributed by atoms with Gasteiger partial charge in [0.25, 0.3) is 0 Å². The molecule has 3 heteroatoms. The van der Waals surface area contributed by atoms with E-state index >= 15 is 0 Å². The van der Waals surface area contributed by atoms with E-state index in [0.29, 0.717) is 13.0 Å². The highest BCUT2D eigenvalue weighted by atomic mass is 16.1. The molecular formula is C16H24N2O. The number of amides is 1. The summed E-state index contributed by atoms with van der Waals surface area (Å²) in [6.07, 6.45) is 3.96. The lowest BCUT2D eigenvalue weighted by Gasteiger charge is -2.40. The molecular weight excluding hydrogens is 236 g/mol. The largest absolute Gasteiger partial charge is 0.350 e. The van der Waals surface area contributed by atoms with Gasteiger partial charge in [-0.2, -0.15) is 0 Å². The van der Waals surface area contributed by atoms with E-state index in [-0.39, 0.29) is 17.4 Å². The van der Waals surface area contributed by atoms with Crippen molar-refractivity contribution < 1.29 is 4.79 Å². The van der Waals surface area contributed by atoms with Crippen molar-refractivity contribution in [2.75, 3.05) is 6.54 Å². The lowest BCUT2D eigenvalue weighted by atomic mass is 9.66. The predicted octanol–water partition coefficient (Wildman–Crippen LogP) is 2.69. The van der Waals surface area contributed by atoms with Gasteiger partial charge in [-0.05, 0) is 49.8 Å². The Morgan fingerprint density at radius 3 is 2.63 bits per heavy atom. The second kappa shape index (κ2) is 5.74. The minimum absolute atomic E-state index is 0.0589. The number of hydrogen-bond acceptors (Lipinski definition) is 2.